The van der Waals surface area contributed by atoms with Crippen molar-refractivity contribution in [2.45, 2.75) is 45.1 Å². The maximum atomic E-state index is 12.9. The van der Waals surface area contributed by atoms with Gasteiger partial charge < -0.3 is 14.6 Å². The molecule has 0 unspecified atom stereocenters. The second kappa shape index (κ2) is 6.82. The summed E-state index contributed by atoms with van der Waals surface area (Å²) in [5.74, 6) is 1.29. The van der Waals surface area contributed by atoms with Gasteiger partial charge in [-0.15, -0.1) is 0 Å². The molecule has 1 aliphatic heterocycles. The molecule has 0 spiro atoms. The highest BCUT2D eigenvalue weighted by molar-refractivity contribution is 5.79. The summed E-state index contributed by atoms with van der Waals surface area (Å²) >= 11 is 0. The number of hydrogen-bond acceptors (Lipinski definition) is 5. The molecule has 7 nitrogen and oxygen atoms in total. The van der Waals surface area contributed by atoms with Crippen LogP contribution in [-0.2, 0) is 17.6 Å². The van der Waals surface area contributed by atoms with Gasteiger partial charge in [-0.05, 0) is 25.8 Å². The number of carbonyl (C=O) groups is 1. The quantitative estimate of drug-likeness (QED) is 0.918. The molecule has 1 N–H and O–H groups in total. The Balaban J connectivity index is 1.31. The fourth-order valence-corrected chi connectivity index (χ4v) is 3.78. The Bertz CT molecular complexity index is 737. The largest absolute Gasteiger partial charge is 0.460 e. The van der Waals surface area contributed by atoms with Gasteiger partial charge in [0.15, 0.2) is 0 Å². The molecular weight excluding hydrogens is 318 g/mol. The van der Waals surface area contributed by atoms with Gasteiger partial charge in [-0.2, -0.15) is 0 Å². The Morgan fingerprint density at radius 1 is 1.24 bits per heavy atom. The predicted octanol–water partition coefficient (Wildman–Crippen LogP) is 1.68. The molecule has 0 bridgehead atoms. The maximum Gasteiger partial charge on any atom is 0.316 e. The Morgan fingerprint density at radius 2 is 2.00 bits per heavy atom. The number of carbonyl (C=O) groups excluding carboxylic acids is 1. The van der Waals surface area contributed by atoms with E-state index in [0.29, 0.717) is 6.01 Å². The third kappa shape index (κ3) is 3.50. The average molecular weight is 341 g/mol. The minimum atomic E-state index is 0.0716. The number of aromatic nitrogens is 4. The normalized spacial score (nSPS) is 21.0. The van der Waals surface area contributed by atoms with Crippen LogP contribution in [0.15, 0.2) is 18.5 Å². The van der Waals surface area contributed by atoms with Crippen molar-refractivity contribution in [2.75, 3.05) is 13.1 Å². The van der Waals surface area contributed by atoms with Crippen LogP contribution in [0, 0.1) is 12.8 Å². The minimum Gasteiger partial charge on any atom is -0.460 e. The summed E-state index contributed by atoms with van der Waals surface area (Å²) in [6.07, 6.45) is 7.65. The molecule has 2 aliphatic rings. The SMILES string of the molecule is Cc1nc2c([nH]1)C[C@@H](C(=O)N1CCC(Oc3ncccn3)CC1)CC2. The van der Waals surface area contributed by atoms with Crippen LogP contribution in [0.3, 0.4) is 0 Å². The molecule has 0 aromatic carbocycles. The number of hydrogen-bond donors (Lipinski definition) is 1. The van der Waals surface area contributed by atoms with Crippen molar-refractivity contribution in [1.29, 1.82) is 0 Å². The summed E-state index contributed by atoms with van der Waals surface area (Å²) < 4.78 is 5.80. The molecule has 2 aromatic heterocycles. The number of aromatic amines is 1. The zero-order chi connectivity index (χ0) is 17.2. The van der Waals surface area contributed by atoms with E-state index in [0.717, 1.165) is 62.4 Å². The Kier molecular flexibility index (Phi) is 4.38. The number of nitrogens with zero attached hydrogens (tertiary/aromatic N) is 4. The zero-order valence-electron chi connectivity index (χ0n) is 14.4. The van der Waals surface area contributed by atoms with E-state index < -0.39 is 0 Å². The van der Waals surface area contributed by atoms with E-state index in [1.807, 2.05) is 11.8 Å². The molecule has 7 heteroatoms. The van der Waals surface area contributed by atoms with Crippen molar-refractivity contribution in [2.24, 2.45) is 5.92 Å². The van der Waals surface area contributed by atoms with E-state index in [4.69, 9.17) is 4.74 Å². The third-order valence-electron chi connectivity index (χ3n) is 5.08. The van der Waals surface area contributed by atoms with Crippen LogP contribution < -0.4 is 4.74 Å². The van der Waals surface area contributed by atoms with Crippen LogP contribution in [0.25, 0.3) is 0 Å². The summed E-state index contributed by atoms with van der Waals surface area (Å²) in [5, 5.41) is 0. The summed E-state index contributed by atoms with van der Waals surface area (Å²) in [6, 6.07) is 2.19. The molecule has 3 heterocycles. The van der Waals surface area contributed by atoms with Gasteiger partial charge in [0.25, 0.3) is 0 Å². The van der Waals surface area contributed by atoms with Gasteiger partial charge in [-0.1, -0.05) is 0 Å². The van der Waals surface area contributed by atoms with Gasteiger partial charge in [0.2, 0.25) is 5.91 Å². The van der Waals surface area contributed by atoms with Crippen LogP contribution in [0.5, 0.6) is 6.01 Å². The molecule has 1 saturated heterocycles. The van der Waals surface area contributed by atoms with Crippen molar-refractivity contribution in [1.82, 2.24) is 24.8 Å². The highest BCUT2D eigenvalue weighted by atomic mass is 16.5. The van der Waals surface area contributed by atoms with Gasteiger partial charge in [0, 0.05) is 56.4 Å². The Hall–Kier alpha value is -2.44. The van der Waals surface area contributed by atoms with Crippen molar-refractivity contribution < 1.29 is 9.53 Å². The number of ether oxygens (including phenoxy) is 1. The van der Waals surface area contributed by atoms with Gasteiger partial charge >= 0.3 is 6.01 Å². The van der Waals surface area contributed by atoms with Crippen molar-refractivity contribution in [3.8, 4) is 6.01 Å². The number of H-pyrrole nitrogens is 1. The summed E-state index contributed by atoms with van der Waals surface area (Å²) in [5.41, 5.74) is 2.28. The first-order valence-electron chi connectivity index (χ1n) is 8.96. The summed E-state index contributed by atoms with van der Waals surface area (Å²) in [6.45, 7) is 3.44. The number of rotatable bonds is 3. The Morgan fingerprint density at radius 3 is 2.76 bits per heavy atom. The first-order valence-corrected chi connectivity index (χ1v) is 8.96. The molecule has 1 atom stereocenters. The van der Waals surface area contributed by atoms with Crippen LogP contribution >= 0.6 is 0 Å². The van der Waals surface area contributed by atoms with E-state index in [2.05, 4.69) is 19.9 Å². The van der Waals surface area contributed by atoms with Gasteiger partial charge in [-0.25, -0.2) is 15.0 Å². The number of fused-ring (bicyclic) bond motifs is 1. The fourth-order valence-electron chi connectivity index (χ4n) is 3.78. The molecule has 0 saturated carbocycles. The monoisotopic (exact) mass is 341 g/mol. The molecule has 2 aromatic rings. The van der Waals surface area contributed by atoms with E-state index in [-0.39, 0.29) is 17.9 Å². The van der Waals surface area contributed by atoms with E-state index in [1.165, 1.54) is 0 Å². The van der Waals surface area contributed by atoms with E-state index in [9.17, 15) is 4.79 Å². The molecule has 1 aliphatic carbocycles. The van der Waals surface area contributed by atoms with E-state index >= 15 is 0 Å². The van der Waals surface area contributed by atoms with Crippen molar-refractivity contribution in [3.05, 3.63) is 35.7 Å². The van der Waals surface area contributed by atoms with E-state index in [1.54, 1.807) is 18.5 Å². The second-order valence-corrected chi connectivity index (χ2v) is 6.86. The van der Waals surface area contributed by atoms with Crippen LogP contribution in [0.2, 0.25) is 0 Å². The highest BCUT2D eigenvalue weighted by Crippen LogP contribution is 2.27. The van der Waals surface area contributed by atoms with Crippen molar-refractivity contribution in [3.63, 3.8) is 0 Å². The molecular formula is C18H23N5O2. The third-order valence-corrected chi connectivity index (χ3v) is 5.08. The predicted molar refractivity (Wildman–Crippen MR) is 91.1 cm³/mol. The lowest BCUT2D eigenvalue weighted by molar-refractivity contribution is -0.137. The Labute approximate surface area is 146 Å². The summed E-state index contributed by atoms with van der Waals surface area (Å²) in [4.78, 5) is 30.9. The smallest absolute Gasteiger partial charge is 0.316 e. The molecule has 4 rings (SSSR count). The number of imidazole rings is 1. The van der Waals surface area contributed by atoms with Crippen LogP contribution in [0.1, 0.15) is 36.5 Å². The highest BCUT2D eigenvalue weighted by Gasteiger charge is 2.32. The molecule has 1 amide bonds. The first kappa shape index (κ1) is 16.1. The zero-order valence-corrected chi connectivity index (χ0v) is 14.4. The van der Waals surface area contributed by atoms with Crippen LogP contribution in [-0.4, -0.2) is 49.9 Å². The summed E-state index contributed by atoms with van der Waals surface area (Å²) in [7, 11) is 0. The second-order valence-electron chi connectivity index (χ2n) is 6.86. The number of piperidine rings is 1. The average Bonchev–Trinajstić information content (AvgIpc) is 3.02. The fraction of sp³-hybridized carbons (Fsp3) is 0.556. The number of aryl methyl sites for hydroxylation is 2. The molecule has 132 valence electrons. The maximum absolute atomic E-state index is 12.9. The molecule has 1 fully saturated rings. The topological polar surface area (TPSA) is 84.0 Å². The lowest BCUT2D eigenvalue weighted by atomic mass is 9.88. The van der Waals surface area contributed by atoms with Crippen molar-refractivity contribution >= 4 is 5.91 Å². The first-order chi connectivity index (χ1) is 12.2. The minimum absolute atomic E-state index is 0.0716. The lowest BCUT2D eigenvalue weighted by Gasteiger charge is -2.34. The van der Waals surface area contributed by atoms with Gasteiger partial charge in [0.05, 0.1) is 5.69 Å². The lowest BCUT2D eigenvalue weighted by Crippen LogP contribution is -2.45. The van der Waals surface area contributed by atoms with Gasteiger partial charge in [-0.3, -0.25) is 4.79 Å². The van der Waals surface area contributed by atoms with Gasteiger partial charge in [0.1, 0.15) is 11.9 Å². The number of nitrogens with one attached hydrogen (secondary N) is 1. The number of amides is 1. The molecule has 0 radical (unpaired) electrons. The van der Waals surface area contributed by atoms with Crippen LogP contribution in [0.4, 0.5) is 0 Å². The standard InChI is InChI=1S/C18H23N5O2/c1-12-21-15-4-3-13(11-16(15)22-12)17(24)23-9-5-14(6-10-23)25-18-19-7-2-8-20-18/h2,7-8,13-14H,3-6,9-11H2,1H3,(H,21,22)/t13-/m0/s1. The molecule has 25 heavy (non-hydrogen) atoms. The number of likely N-dealkylation sites (tertiary alicyclic amines) is 1.